The Morgan fingerprint density at radius 3 is 1.27 bits per heavy atom. The normalized spacial score (nSPS) is 13.1. The Balaban J connectivity index is 1.37. The maximum Gasteiger partial charge on any atom is 0.296 e. The molecule has 0 atom stereocenters. The summed E-state index contributed by atoms with van der Waals surface area (Å²) in [5.74, 6) is 0. The molecule has 5 N–H and O–H groups in total. The van der Waals surface area contributed by atoms with Crippen molar-refractivity contribution < 1.29 is 38.9 Å². The first-order chi connectivity index (χ1) is 24.7. The Hall–Kier alpha value is -5.68. The molecule has 0 aromatic heterocycles. The largest absolute Gasteiger partial charge is 0.354 e. The fraction of sp³-hybridized carbons (Fsp3) is 0. The average molecular weight is 756 g/mol. The predicted octanol–water partition coefficient (Wildman–Crippen LogP) is 7.61. The van der Waals surface area contributed by atoms with Gasteiger partial charge in [0.15, 0.2) is 0 Å². The van der Waals surface area contributed by atoms with Gasteiger partial charge in [-0.2, -0.15) is 25.3 Å². The van der Waals surface area contributed by atoms with Crippen LogP contribution in [0.1, 0.15) is 11.1 Å². The van der Waals surface area contributed by atoms with E-state index in [1.165, 1.54) is 54.6 Å². The Kier molecular flexibility index (Phi) is 10.1. The standard InChI is InChI=1S/C37H29N3O9S3/c41-50(42,43)34-10-4-1-7-31(34)38-28-19-13-25(14-20-28)37(26-15-21-29(22-16-26)39-32-8-2-5-11-35(32)51(44,45)46)27-17-23-30(24-18-27)40-33-9-3-6-12-36(33)52(47,48)49/h1-24,38-39H,(H,41,42,43)(H,44,45,46)(H,47,48,49). The number of hydrogen-bond acceptors (Lipinski definition) is 9. The van der Waals surface area contributed by atoms with E-state index < -0.39 is 30.4 Å². The van der Waals surface area contributed by atoms with Gasteiger partial charge in [-0.15, -0.1) is 0 Å². The van der Waals surface area contributed by atoms with Gasteiger partial charge < -0.3 is 10.6 Å². The van der Waals surface area contributed by atoms with Crippen LogP contribution in [0.2, 0.25) is 0 Å². The van der Waals surface area contributed by atoms with Gasteiger partial charge in [0.25, 0.3) is 30.4 Å². The van der Waals surface area contributed by atoms with Gasteiger partial charge in [-0.1, -0.05) is 72.8 Å². The lowest BCUT2D eigenvalue weighted by Gasteiger charge is -2.16. The molecule has 5 aromatic rings. The van der Waals surface area contributed by atoms with Crippen molar-refractivity contribution in [2.75, 3.05) is 10.6 Å². The fourth-order valence-corrected chi connectivity index (χ4v) is 7.37. The number of aliphatic imine (C=N–C) groups is 1. The molecule has 0 amide bonds. The number of nitrogens with one attached hydrogen (secondary N) is 2. The van der Waals surface area contributed by atoms with Crippen LogP contribution >= 0.6 is 0 Å². The van der Waals surface area contributed by atoms with E-state index in [1.54, 1.807) is 66.8 Å². The first kappa shape index (κ1) is 36.1. The van der Waals surface area contributed by atoms with Crippen molar-refractivity contribution in [3.63, 3.8) is 0 Å². The fourth-order valence-electron chi connectivity index (χ4n) is 5.45. The first-order valence-corrected chi connectivity index (χ1v) is 19.6. The Bertz CT molecular complexity index is 2490. The zero-order chi connectivity index (χ0) is 37.1. The van der Waals surface area contributed by atoms with Crippen LogP contribution in [-0.4, -0.2) is 44.6 Å². The van der Waals surface area contributed by atoms with Crippen molar-refractivity contribution in [3.8, 4) is 0 Å². The van der Waals surface area contributed by atoms with Crippen LogP contribution < -0.4 is 10.6 Å². The Morgan fingerprint density at radius 2 is 0.846 bits per heavy atom. The highest BCUT2D eigenvalue weighted by Crippen LogP contribution is 2.34. The van der Waals surface area contributed by atoms with Gasteiger partial charge in [-0.3, -0.25) is 13.7 Å². The summed E-state index contributed by atoms with van der Waals surface area (Å²) < 4.78 is 100. The van der Waals surface area contributed by atoms with Gasteiger partial charge in [-0.05, 0) is 95.1 Å². The zero-order valence-electron chi connectivity index (χ0n) is 26.8. The molecule has 0 fully saturated rings. The van der Waals surface area contributed by atoms with E-state index in [4.69, 9.17) is 0 Å². The van der Waals surface area contributed by atoms with Crippen LogP contribution in [0, 0.1) is 0 Å². The molecule has 5 aromatic carbocycles. The van der Waals surface area contributed by atoms with Crippen molar-refractivity contribution in [2.24, 2.45) is 4.99 Å². The molecule has 0 radical (unpaired) electrons. The zero-order valence-corrected chi connectivity index (χ0v) is 29.3. The van der Waals surface area contributed by atoms with E-state index in [0.717, 1.165) is 22.3 Å². The number of anilines is 4. The van der Waals surface area contributed by atoms with Gasteiger partial charge >= 0.3 is 0 Å². The summed E-state index contributed by atoms with van der Waals surface area (Å²) in [7, 11) is -13.5. The number of para-hydroxylation sites is 3. The van der Waals surface area contributed by atoms with E-state index in [9.17, 15) is 38.9 Å². The van der Waals surface area contributed by atoms with Gasteiger partial charge in [0.1, 0.15) is 14.7 Å². The van der Waals surface area contributed by atoms with Gasteiger partial charge in [0.2, 0.25) is 0 Å². The number of benzene rings is 5. The predicted molar refractivity (Wildman–Crippen MR) is 200 cm³/mol. The summed E-state index contributed by atoms with van der Waals surface area (Å²) in [4.78, 5) is 3.54. The summed E-state index contributed by atoms with van der Waals surface area (Å²) in [6, 6.07) is 32.0. The van der Waals surface area contributed by atoms with E-state index in [-0.39, 0.29) is 31.7 Å². The van der Waals surface area contributed by atoms with Crippen molar-refractivity contribution in [3.05, 3.63) is 162 Å². The van der Waals surface area contributed by atoms with E-state index in [1.807, 2.05) is 24.3 Å². The van der Waals surface area contributed by atoms with E-state index >= 15 is 0 Å². The average Bonchev–Trinajstić information content (AvgIpc) is 3.10. The molecule has 0 saturated carbocycles. The molecule has 0 unspecified atom stereocenters. The van der Waals surface area contributed by atoms with Gasteiger partial charge in [0, 0.05) is 11.4 Å². The van der Waals surface area contributed by atoms with Crippen LogP contribution in [0.15, 0.2) is 171 Å². The number of rotatable bonds is 10. The first-order valence-electron chi connectivity index (χ1n) is 15.3. The van der Waals surface area contributed by atoms with Crippen molar-refractivity contribution in [2.45, 2.75) is 14.7 Å². The Labute approximate surface area is 300 Å². The molecule has 0 spiro atoms. The molecule has 1 aliphatic carbocycles. The topological polar surface area (TPSA) is 200 Å². The monoisotopic (exact) mass is 755 g/mol. The lowest BCUT2D eigenvalue weighted by molar-refractivity contribution is 0.481. The summed E-state index contributed by atoms with van der Waals surface area (Å²) in [5.41, 5.74) is 4.99. The molecule has 52 heavy (non-hydrogen) atoms. The molecular formula is C37H29N3O9S3. The van der Waals surface area contributed by atoms with Crippen LogP contribution in [0.3, 0.4) is 0 Å². The van der Waals surface area contributed by atoms with Crippen LogP contribution in [0.4, 0.5) is 28.4 Å². The molecule has 264 valence electrons. The number of hydrogen-bond donors (Lipinski definition) is 5. The Morgan fingerprint density at radius 1 is 0.462 bits per heavy atom. The molecule has 1 aliphatic rings. The molecule has 6 rings (SSSR count). The van der Waals surface area contributed by atoms with Crippen molar-refractivity contribution >= 4 is 70.1 Å². The minimum Gasteiger partial charge on any atom is -0.354 e. The second kappa shape index (κ2) is 14.5. The number of allylic oxidation sites excluding steroid dienone is 5. The summed E-state index contributed by atoms with van der Waals surface area (Å²) in [5, 5.41) is 6.05. The van der Waals surface area contributed by atoms with Crippen LogP contribution in [0.5, 0.6) is 0 Å². The molecule has 0 heterocycles. The van der Waals surface area contributed by atoms with E-state index in [0.29, 0.717) is 17.1 Å². The molecule has 12 nitrogen and oxygen atoms in total. The highest BCUT2D eigenvalue weighted by Gasteiger charge is 2.18. The molecule has 0 bridgehead atoms. The maximum absolute atomic E-state index is 11.9. The second-order valence-electron chi connectivity index (χ2n) is 11.3. The summed E-state index contributed by atoms with van der Waals surface area (Å²) in [6.07, 6.45) is 6.99. The van der Waals surface area contributed by atoms with Gasteiger partial charge in [-0.25, -0.2) is 4.99 Å². The highest BCUT2D eigenvalue weighted by molar-refractivity contribution is 7.86. The third-order valence-electron chi connectivity index (χ3n) is 7.78. The van der Waals surface area contributed by atoms with Crippen molar-refractivity contribution in [1.82, 2.24) is 0 Å². The quantitative estimate of drug-likeness (QED) is 0.0879. The SMILES string of the molecule is O=S(=O)(O)c1ccccc1N=C1C=CC(=C(c2ccc(Nc3ccccc3S(=O)(=O)O)cc2)c2ccc(Nc3ccccc3S(=O)(=O)O)cc2)C=C1. The van der Waals surface area contributed by atoms with Crippen LogP contribution in [0.25, 0.3) is 5.57 Å². The molecule has 0 aliphatic heterocycles. The molecule has 15 heteroatoms. The number of nitrogens with zero attached hydrogens (tertiary/aromatic N) is 1. The van der Waals surface area contributed by atoms with E-state index in [2.05, 4.69) is 15.6 Å². The molecule has 0 saturated heterocycles. The highest BCUT2D eigenvalue weighted by atomic mass is 32.2. The third kappa shape index (κ3) is 8.43. The summed E-state index contributed by atoms with van der Waals surface area (Å²) >= 11 is 0. The lowest BCUT2D eigenvalue weighted by Crippen LogP contribution is -2.03. The smallest absolute Gasteiger partial charge is 0.296 e. The van der Waals surface area contributed by atoms with Gasteiger partial charge in [0.05, 0.1) is 22.8 Å². The summed E-state index contributed by atoms with van der Waals surface area (Å²) in [6.45, 7) is 0. The minimum atomic E-state index is -4.51. The maximum atomic E-state index is 11.9. The minimum absolute atomic E-state index is 0.0688. The molecular weight excluding hydrogens is 727 g/mol. The second-order valence-corrected chi connectivity index (χ2v) is 15.5. The van der Waals surface area contributed by atoms with Crippen molar-refractivity contribution in [1.29, 1.82) is 0 Å². The lowest BCUT2D eigenvalue weighted by atomic mass is 9.90. The van der Waals surface area contributed by atoms with Crippen LogP contribution in [-0.2, 0) is 30.4 Å². The third-order valence-corrected chi connectivity index (χ3v) is 10.5.